The van der Waals surface area contributed by atoms with Crippen molar-refractivity contribution in [1.82, 2.24) is 14.9 Å². The average molecular weight is 316 g/mol. The highest BCUT2D eigenvalue weighted by molar-refractivity contribution is 7.71. The molecule has 0 aliphatic carbocycles. The fraction of sp³-hybridized carbons (Fsp3) is 0.471. The number of hydrogen-bond acceptors (Lipinski definition) is 3. The van der Waals surface area contributed by atoms with Crippen molar-refractivity contribution in [1.29, 1.82) is 0 Å². The SMILES string of the molecule is CCC(CC)c1n[nH]c(=S)n1/N=C\c1ccc(C(C)C)cc1. The van der Waals surface area contributed by atoms with E-state index in [-0.39, 0.29) is 0 Å². The Morgan fingerprint density at radius 1 is 1.23 bits per heavy atom. The van der Waals surface area contributed by atoms with Gasteiger partial charge in [0.1, 0.15) is 0 Å². The maximum Gasteiger partial charge on any atom is 0.216 e. The van der Waals surface area contributed by atoms with Gasteiger partial charge in [0.25, 0.3) is 0 Å². The van der Waals surface area contributed by atoms with Gasteiger partial charge in [0, 0.05) is 5.92 Å². The number of aromatic nitrogens is 3. The van der Waals surface area contributed by atoms with E-state index in [1.807, 2.05) is 6.21 Å². The number of nitrogens with one attached hydrogen (secondary N) is 1. The first-order valence-electron chi connectivity index (χ1n) is 7.88. The number of H-pyrrole nitrogens is 1. The molecule has 0 unspecified atom stereocenters. The molecule has 0 saturated heterocycles. The number of hydrogen-bond donors (Lipinski definition) is 1. The van der Waals surface area contributed by atoms with Crippen LogP contribution in [0.3, 0.4) is 0 Å². The van der Waals surface area contributed by atoms with E-state index in [9.17, 15) is 0 Å². The molecule has 5 heteroatoms. The quantitative estimate of drug-likeness (QED) is 0.611. The normalized spacial score (nSPS) is 11.9. The summed E-state index contributed by atoms with van der Waals surface area (Å²) in [7, 11) is 0. The standard InChI is InChI=1S/C17H24N4S/c1-5-14(6-2)16-19-20-17(22)21(16)18-11-13-7-9-15(10-8-13)12(3)4/h7-12,14H,5-6H2,1-4H3,(H,20,22)/b18-11-. The van der Waals surface area contributed by atoms with Gasteiger partial charge in [-0.2, -0.15) is 14.9 Å². The minimum atomic E-state index is 0.369. The van der Waals surface area contributed by atoms with Crippen molar-refractivity contribution < 1.29 is 0 Å². The van der Waals surface area contributed by atoms with Crippen LogP contribution in [0, 0.1) is 4.77 Å². The predicted molar refractivity (Wildman–Crippen MR) is 94.3 cm³/mol. The molecule has 4 nitrogen and oxygen atoms in total. The van der Waals surface area contributed by atoms with Gasteiger partial charge in [0.2, 0.25) is 4.77 Å². The van der Waals surface area contributed by atoms with Crippen LogP contribution < -0.4 is 0 Å². The molecule has 118 valence electrons. The lowest BCUT2D eigenvalue weighted by atomic mass is 10.0. The molecule has 0 fully saturated rings. The Labute approximate surface area is 137 Å². The smallest absolute Gasteiger partial charge is 0.216 e. The van der Waals surface area contributed by atoms with Crippen LogP contribution in [-0.2, 0) is 0 Å². The summed E-state index contributed by atoms with van der Waals surface area (Å²) in [6.07, 6.45) is 3.88. The predicted octanol–water partition coefficient (Wildman–Crippen LogP) is 4.85. The van der Waals surface area contributed by atoms with Gasteiger partial charge in [-0.05, 0) is 42.1 Å². The topological polar surface area (TPSA) is 46.0 Å². The van der Waals surface area contributed by atoms with Crippen LogP contribution in [0.4, 0.5) is 0 Å². The van der Waals surface area contributed by atoms with Gasteiger partial charge < -0.3 is 0 Å². The summed E-state index contributed by atoms with van der Waals surface area (Å²) in [5.74, 6) is 1.81. The maximum absolute atomic E-state index is 5.29. The fourth-order valence-corrected chi connectivity index (χ4v) is 2.61. The van der Waals surface area contributed by atoms with Crippen molar-refractivity contribution in [3.63, 3.8) is 0 Å². The first-order valence-corrected chi connectivity index (χ1v) is 8.29. The van der Waals surface area contributed by atoms with Crippen LogP contribution in [0.5, 0.6) is 0 Å². The first-order chi connectivity index (χ1) is 10.6. The van der Waals surface area contributed by atoms with Crippen LogP contribution in [0.15, 0.2) is 29.4 Å². The molecular weight excluding hydrogens is 292 g/mol. The van der Waals surface area contributed by atoms with Gasteiger partial charge in [-0.25, -0.2) is 0 Å². The van der Waals surface area contributed by atoms with E-state index < -0.39 is 0 Å². The van der Waals surface area contributed by atoms with Crippen molar-refractivity contribution in [3.8, 4) is 0 Å². The molecule has 0 amide bonds. The van der Waals surface area contributed by atoms with Gasteiger partial charge >= 0.3 is 0 Å². The summed E-state index contributed by atoms with van der Waals surface area (Å²) in [4.78, 5) is 0. The highest BCUT2D eigenvalue weighted by Crippen LogP contribution is 2.21. The summed E-state index contributed by atoms with van der Waals surface area (Å²) < 4.78 is 2.28. The Bertz CT molecular complexity index is 675. The molecule has 1 aromatic carbocycles. The molecule has 0 aliphatic rings. The van der Waals surface area contributed by atoms with E-state index in [1.165, 1.54) is 5.56 Å². The van der Waals surface area contributed by atoms with Gasteiger partial charge in [0.05, 0.1) is 6.21 Å². The second-order valence-corrected chi connectivity index (χ2v) is 6.16. The number of aromatic amines is 1. The van der Waals surface area contributed by atoms with Gasteiger partial charge in [-0.3, -0.25) is 5.10 Å². The Hall–Kier alpha value is -1.75. The number of rotatable bonds is 6. The monoisotopic (exact) mass is 316 g/mol. The summed E-state index contributed by atoms with van der Waals surface area (Å²) in [6, 6.07) is 8.45. The van der Waals surface area contributed by atoms with Crippen LogP contribution in [-0.4, -0.2) is 21.1 Å². The molecule has 0 radical (unpaired) electrons. The Kier molecular flexibility index (Phi) is 5.66. The van der Waals surface area contributed by atoms with E-state index in [0.29, 0.717) is 16.6 Å². The lowest BCUT2D eigenvalue weighted by Crippen LogP contribution is -2.05. The summed E-state index contributed by atoms with van der Waals surface area (Å²) in [5.41, 5.74) is 2.39. The summed E-state index contributed by atoms with van der Waals surface area (Å²) >= 11 is 5.29. The van der Waals surface area contributed by atoms with Crippen molar-refractivity contribution >= 4 is 18.4 Å². The molecule has 0 atom stereocenters. The summed E-state index contributed by atoms with van der Waals surface area (Å²) in [5, 5.41) is 11.7. The second-order valence-electron chi connectivity index (χ2n) is 5.78. The molecule has 1 heterocycles. The molecule has 2 aromatic rings. The molecule has 22 heavy (non-hydrogen) atoms. The average Bonchev–Trinajstić information content (AvgIpc) is 2.88. The molecule has 1 aromatic heterocycles. The van der Waals surface area contributed by atoms with E-state index in [0.717, 1.165) is 24.2 Å². The third-order valence-corrected chi connectivity index (χ3v) is 4.22. The van der Waals surface area contributed by atoms with Crippen molar-refractivity contribution in [2.75, 3.05) is 0 Å². The molecule has 0 saturated carbocycles. The van der Waals surface area contributed by atoms with E-state index in [2.05, 4.69) is 67.3 Å². The zero-order valence-electron chi connectivity index (χ0n) is 13.7. The Balaban J connectivity index is 2.26. The molecule has 0 spiro atoms. The largest absolute Gasteiger partial charge is 0.250 e. The molecule has 0 bridgehead atoms. The zero-order valence-corrected chi connectivity index (χ0v) is 14.5. The van der Waals surface area contributed by atoms with E-state index in [4.69, 9.17) is 12.2 Å². The van der Waals surface area contributed by atoms with Crippen LogP contribution >= 0.6 is 12.2 Å². The molecule has 0 aliphatic heterocycles. The van der Waals surface area contributed by atoms with Gasteiger partial charge in [0.15, 0.2) is 5.82 Å². The number of nitrogens with zero attached hydrogens (tertiary/aromatic N) is 3. The third-order valence-electron chi connectivity index (χ3n) is 3.95. The van der Waals surface area contributed by atoms with E-state index in [1.54, 1.807) is 4.68 Å². The van der Waals surface area contributed by atoms with Crippen molar-refractivity contribution in [2.24, 2.45) is 5.10 Å². The molecule has 1 N–H and O–H groups in total. The Morgan fingerprint density at radius 2 is 1.86 bits per heavy atom. The van der Waals surface area contributed by atoms with Gasteiger partial charge in [-0.15, -0.1) is 0 Å². The third kappa shape index (κ3) is 3.71. The van der Waals surface area contributed by atoms with Crippen molar-refractivity contribution in [2.45, 2.75) is 52.4 Å². The van der Waals surface area contributed by atoms with Crippen molar-refractivity contribution in [3.05, 3.63) is 46.0 Å². The highest BCUT2D eigenvalue weighted by Gasteiger charge is 2.14. The molecular formula is C17H24N4S. The fourth-order valence-electron chi connectivity index (χ4n) is 2.42. The second kappa shape index (κ2) is 7.49. The minimum absolute atomic E-state index is 0.369. The van der Waals surface area contributed by atoms with Crippen LogP contribution in [0.2, 0.25) is 0 Å². The van der Waals surface area contributed by atoms with Gasteiger partial charge in [-0.1, -0.05) is 52.0 Å². The highest BCUT2D eigenvalue weighted by atomic mass is 32.1. The summed E-state index contributed by atoms with van der Waals surface area (Å²) in [6.45, 7) is 8.70. The Morgan fingerprint density at radius 3 is 2.41 bits per heavy atom. The lowest BCUT2D eigenvalue weighted by Gasteiger charge is -2.10. The maximum atomic E-state index is 5.29. The van der Waals surface area contributed by atoms with E-state index >= 15 is 0 Å². The first kappa shape index (κ1) is 16.6. The van der Waals surface area contributed by atoms with Crippen LogP contribution in [0.1, 0.15) is 69.3 Å². The lowest BCUT2D eigenvalue weighted by molar-refractivity contribution is 0.571. The number of benzene rings is 1. The molecule has 2 rings (SSSR count). The van der Waals surface area contributed by atoms with Crippen LogP contribution in [0.25, 0.3) is 0 Å². The zero-order chi connectivity index (χ0) is 16.1. The minimum Gasteiger partial charge on any atom is -0.250 e.